The summed E-state index contributed by atoms with van der Waals surface area (Å²) in [7, 11) is 0. The van der Waals surface area contributed by atoms with Gasteiger partial charge >= 0.3 is 6.03 Å². The summed E-state index contributed by atoms with van der Waals surface area (Å²) >= 11 is 0. The van der Waals surface area contributed by atoms with Crippen LogP contribution in [-0.2, 0) is 11.3 Å². The average molecular weight is 333 g/mol. The first-order valence-electron chi connectivity index (χ1n) is 8.54. The van der Waals surface area contributed by atoms with Gasteiger partial charge in [-0.05, 0) is 42.9 Å². The smallest absolute Gasteiger partial charge is 0.325 e. The lowest BCUT2D eigenvalue weighted by Gasteiger charge is -2.26. The van der Waals surface area contributed by atoms with Crippen molar-refractivity contribution in [3.8, 4) is 0 Å². The predicted octanol–water partition coefficient (Wildman–Crippen LogP) is 2.71. The molecule has 0 spiro atoms. The number of benzene rings is 1. The van der Waals surface area contributed by atoms with Gasteiger partial charge in [0, 0.05) is 12.6 Å². The highest BCUT2D eigenvalue weighted by molar-refractivity contribution is 6.04. The standard InChI is InChI=1S/C18H24FN3O2/c1-12(2)9-16-17(23)22(18(24)20-16)11-21(15-7-8-15)10-13-3-5-14(19)6-4-13/h3-6,12,15-16H,7-11H2,1-2H3,(H,20,24)/t16-/m1/s1. The number of halogens is 1. The van der Waals surface area contributed by atoms with Crippen molar-refractivity contribution >= 4 is 11.9 Å². The van der Waals surface area contributed by atoms with Gasteiger partial charge < -0.3 is 5.32 Å². The van der Waals surface area contributed by atoms with Gasteiger partial charge in [0.2, 0.25) is 0 Å². The molecule has 1 N–H and O–H groups in total. The summed E-state index contributed by atoms with van der Waals surface area (Å²) in [4.78, 5) is 28.1. The number of amides is 3. The topological polar surface area (TPSA) is 52.7 Å². The van der Waals surface area contributed by atoms with Gasteiger partial charge in [-0.2, -0.15) is 0 Å². The van der Waals surface area contributed by atoms with E-state index in [1.165, 1.54) is 17.0 Å². The third-order valence-corrected chi connectivity index (χ3v) is 4.50. The fourth-order valence-corrected chi connectivity index (χ4v) is 3.08. The molecule has 24 heavy (non-hydrogen) atoms. The number of hydrogen-bond donors (Lipinski definition) is 1. The molecule has 1 aromatic rings. The van der Waals surface area contributed by atoms with E-state index in [1.807, 2.05) is 13.8 Å². The van der Waals surface area contributed by atoms with Gasteiger partial charge in [-0.1, -0.05) is 26.0 Å². The Morgan fingerprint density at radius 3 is 2.50 bits per heavy atom. The molecule has 1 saturated heterocycles. The van der Waals surface area contributed by atoms with Crippen molar-refractivity contribution in [1.82, 2.24) is 15.1 Å². The van der Waals surface area contributed by atoms with Gasteiger partial charge in [0.15, 0.2) is 0 Å². The van der Waals surface area contributed by atoms with E-state index in [0.717, 1.165) is 18.4 Å². The maximum atomic E-state index is 13.1. The maximum absolute atomic E-state index is 13.1. The minimum atomic E-state index is -0.413. The molecule has 0 aromatic heterocycles. The normalized spacial score (nSPS) is 21.0. The van der Waals surface area contributed by atoms with Crippen molar-refractivity contribution < 1.29 is 14.0 Å². The van der Waals surface area contributed by atoms with Crippen LogP contribution in [0.3, 0.4) is 0 Å². The number of nitrogens with zero attached hydrogens (tertiary/aromatic N) is 2. The van der Waals surface area contributed by atoms with Gasteiger partial charge in [-0.15, -0.1) is 0 Å². The van der Waals surface area contributed by atoms with E-state index < -0.39 is 6.04 Å². The van der Waals surface area contributed by atoms with E-state index in [-0.39, 0.29) is 17.8 Å². The van der Waals surface area contributed by atoms with E-state index in [9.17, 15) is 14.0 Å². The van der Waals surface area contributed by atoms with Gasteiger partial charge in [-0.3, -0.25) is 9.69 Å². The molecular weight excluding hydrogens is 309 g/mol. The van der Waals surface area contributed by atoms with E-state index in [4.69, 9.17) is 0 Å². The Balaban J connectivity index is 1.66. The number of imide groups is 1. The summed E-state index contributed by atoms with van der Waals surface area (Å²) in [6, 6.07) is 6.04. The molecule has 1 atom stereocenters. The van der Waals surface area contributed by atoms with Crippen molar-refractivity contribution in [2.75, 3.05) is 6.67 Å². The Labute approximate surface area is 141 Å². The van der Waals surface area contributed by atoms with Crippen LogP contribution in [0.2, 0.25) is 0 Å². The molecule has 3 rings (SSSR count). The molecule has 0 unspecified atom stereocenters. The van der Waals surface area contributed by atoms with Gasteiger partial charge in [0.1, 0.15) is 11.9 Å². The molecule has 2 aliphatic rings. The van der Waals surface area contributed by atoms with Crippen molar-refractivity contribution in [2.45, 2.75) is 51.7 Å². The second-order valence-electron chi connectivity index (χ2n) is 7.14. The van der Waals surface area contributed by atoms with E-state index in [1.54, 1.807) is 12.1 Å². The largest absolute Gasteiger partial charge is 0.326 e. The van der Waals surface area contributed by atoms with Crippen LogP contribution in [0.25, 0.3) is 0 Å². The molecule has 0 radical (unpaired) electrons. The zero-order chi connectivity index (χ0) is 17.3. The summed E-state index contributed by atoms with van der Waals surface area (Å²) in [6.07, 6.45) is 2.79. The Kier molecular flexibility index (Phi) is 4.85. The molecule has 1 aliphatic carbocycles. The molecule has 1 heterocycles. The summed E-state index contributed by atoms with van der Waals surface area (Å²) in [5, 5.41) is 2.78. The summed E-state index contributed by atoms with van der Waals surface area (Å²) < 4.78 is 13.1. The van der Waals surface area contributed by atoms with Crippen molar-refractivity contribution in [2.24, 2.45) is 5.92 Å². The second-order valence-corrected chi connectivity index (χ2v) is 7.14. The van der Waals surface area contributed by atoms with E-state index >= 15 is 0 Å². The Morgan fingerprint density at radius 2 is 1.92 bits per heavy atom. The van der Waals surface area contributed by atoms with Crippen molar-refractivity contribution in [3.05, 3.63) is 35.6 Å². The number of carbonyl (C=O) groups is 2. The lowest BCUT2D eigenvalue weighted by Crippen LogP contribution is -2.42. The molecule has 130 valence electrons. The van der Waals surface area contributed by atoms with E-state index in [0.29, 0.717) is 31.6 Å². The zero-order valence-corrected chi connectivity index (χ0v) is 14.2. The van der Waals surface area contributed by atoms with Crippen LogP contribution in [0.1, 0.15) is 38.7 Å². The molecule has 1 aromatic carbocycles. The highest BCUT2D eigenvalue weighted by atomic mass is 19.1. The Morgan fingerprint density at radius 1 is 1.25 bits per heavy atom. The van der Waals surface area contributed by atoms with Crippen molar-refractivity contribution in [1.29, 1.82) is 0 Å². The quantitative estimate of drug-likeness (QED) is 0.781. The van der Waals surface area contributed by atoms with Crippen LogP contribution in [0, 0.1) is 11.7 Å². The summed E-state index contributed by atoms with van der Waals surface area (Å²) in [5.74, 6) is -0.0567. The molecule has 1 saturated carbocycles. The average Bonchev–Trinajstić information content (AvgIpc) is 3.32. The maximum Gasteiger partial charge on any atom is 0.325 e. The molecular formula is C18H24FN3O2. The first-order valence-corrected chi connectivity index (χ1v) is 8.54. The van der Waals surface area contributed by atoms with Crippen LogP contribution >= 0.6 is 0 Å². The van der Waals surface area contributed by atoms with Crippen LogP contribution in [0.4, 0.5) is 9.18 Å². The molecule has 6 heteroatoms. The fraction of sp³-hybridized carbons (Fsp3) is 0.556. The van der Waals surface area contributed by atoms with Crippen LogP contribution in [-0.4, -0.2) is 40.5 Å². The molecule has 1 aliphatic heterocycles. The zero-order valence-electron chi connectivity index (χ0n) is 14.2. The molecule has 3 amide bonds. The third-order valence-electron chi connectivity index (χ3n) is 4.50. The fourth-order valence-electron chi connectivity index (χ4n) is 3.08. The summed E-state index contributed by atoms with van der Waals surface area (Å²) in [5.41, 5.74) is 0.981. The number of nitrogens with one attached hydrogen (secondary N) is 1. The minimum Gasteiger partial charge on any atom is -0.326 e. The van der Waals surface area contributed by atoms with Gasteiger partial charge in [0.05, 0.1) is 6.67 Å². The van der Waals surface area contributed by atoms with Gasteiger partial charge in [-0.25, -0.2) is 14.1 Å². The Bertz CT molecular complexity index is 613. The number of carbonyl (C=O) groups excluding carboxylic acids is 2. The monoisotopic (exact) mass is 333 g/mol. The predicted molar refractivity (Wildman–Crippen MR) is 88.5 cm³/mol. The Hall–Kier alpha value is -1.95. The van der Waals surface area contributed by atoms with Gasteiger partial charge in [0.25, 0.3) is 5.91 Å². The second kappa shape index (κ2) is 6.89. The lowest BCUT2D eigenvalue weighted by molar-refractivity contribution is -0.129. The number of urea groups is 1. The summed E-state index contributed by atoms with van der Waals surface area (Å²) in [6.45, 7) is 4.97. The van der Waals surface area contributed by atoms with Crippen LogP contribution < -0.4 is 5.32 Å². The third kappa shape index (κ3) is 3.93. The number of rotatable bonds is 7. The highest BCUT2D eigenvalue weighted by Gasteiger charge is 2.40. The van der Waals surface area contributed by atoms with Crippen LogP contribution in [0.5, 0.6) is 0 Å². The first-order chi connectivity index (χ1) is 11.4. The van der Waals surface area contributed by atoms with Crippen molar-refractivity contribution in [3.63, 3.8) is 0 Å². The van der Waals surface area contributed by atoms with Crippen LogP contribution in [0.15, 0.2) is 24.3 Å². The first kappa shape index (κ1) is 16.9. The highest BCUT2D eigenvalue weighted by Crippen LogP contribution is 2.29. The van der Waals surface area contributed by atoms with E-state index in [2.05, 4.69) is 10.2 Å². The molecule has 5 nitrogen and oxygen atoms in total. The SMILES string of the molecule is CC(C)C[C@H]1NC(=O)N(CN(Cc2ccc(F)cc2)C2CC2)C1=O. The lowest BCUT2D eigenvalue weighted by atomic mass is 10.0. The molecule has 2 fully saturated rings. The minimum absolute atomic E-state index is 0.140. The molecule has 0 bridgehead atoms. The number of hydrogen-bond acceptors (Lipinski definition) is 3.